The Kier molecular flexibility index (Phi) is 5.60. The van der Waals surface area contributed by atoms with Crippen molar-refractivity contribution >= 4 is 31.9 Å². The fourth-order valence-electron chi connectivity index (χ4n) is 2.38. The molecule has 122 valence electrons. The zero-order valence-corrected chi connectivity index (χ0v) is 14.6. The van der Waals surface area contributed by atoms with Crippen molar-refractivity contribution in [1.82, 2.24) is 4.31 Å². The standard InChI is InChI=1S/C14H18BrNO5S/c1-21-14(18)10-4-5-12(15)13(9-10)22(19,20)16-7-2-3-11(17)6-8-16/h4-5,9,11,17H,2-3,6-8H2,1H3. The van der Waals surface area contributed by atoms with Crippen LogP contribution in [-0.2, 0) is 14.8 Å². The van der Waals surface area contributed by atoms with Gasteiger partial charge in [0, 0.05) is 17.6 Å². The average Bonchev–Trinajstić information content (AvgIpc) is 2.72. The first-order valence-electron chi connectivity index (χ1n) is 6.92. The number of aliphatic hydroxyl groups excluding tert-OH is 1. The van der Waals surface area contributed by atoms with Crippen molar-refractivity contribution in [2.75, 3.05) is 20.2 Å². The minimum atomic E-state index is -3.74. The van der Waals surface area contributed by atoms with Gasteiger partial charge in [0.25, 0.3) is 0 Å². The molecule has 0 bridgehead atoms. The lowest BCUT2D eigenvalue weighted by atomic mass is 10.2. The summed E-state index contributed by atoms with van der Waals surface area (Å²) in [6.45, 7) is 0.618. The summed E-state index contributed by atoms with van der Waals surface area (Å²) in [6, 6.07) is 4.33. The van der Waals surface area contributed by atoms with Gasteiger partial charge in [-0.3, -0.25) is 0 Å². The lowest BCUT2D eigenvalue weighted by Crippen LogP contribution is -2.32. The molecule has 2 rings (SSSR count). The SMILES string of the molecule is COC(=O)c1ccc(Br)c(S(=O)(=O)N2CCCC(O)CC2)c1. The number of carbonyl (C=O) groups is 1. The van der Waals surface area contributed by atoms with Crippen LogP contribution in [0.1, 0.15) is 29.6 Å². The number of carbonyl (C=O) groups excluding carboxylic acids is 1. The second-order valence-corrected chi connectivity index (χ2v) is 7.89. The number of aliphatic hydroxyl groups is 1. The van der Waals surface area contributed by atoms with Crippen molar-refractivity contribution in [3.8, 4) is 0 Å². The molecule has 1 aliphatic rings. The maximum Gasteiger partial charge on any atom is 0.337 e. The summed E-state index contributed by atoms with van der Waals surface area (Å²) in [6.07, 6.45) is 1.14. The number of sulfonamides is 1. The van der Waals surface area contributed by atoms with E-state index in [0.717, 1.165) is 0 Å². The van der Waals surface area contributed by atoms with Crippen LogP contribution in [0.4, 0.5) is 0 Å². The Morgan fingerprint density at radius 2 is 2.09 bits per heavy atom. The number of methoxy groups -OCH3 is 1. The number of ether oxygens (including phenoxy) is 1. The highest BCUT2D eigenvalue weighted by atomic mass is 79.9. The Hall–Kier alpha value is -0.960. The van der Waals surface area contributed by atoms with E-state index in [4.69, 9.17) is 0 Å². The van der Waals surface area contributed by atoms with Crippen LogP contribution in [0.3, 0.4) is 0 Å². The largest absolute Gasteiger partial charge is 0.465 e. The summed E-state index contributed by atoms with van der Waals surface area (Å²) < 4.78 is 32.0. The second kappa shape index (κ2) is 7.08. The average molecular weight is 392 g/mol. The zero-order valence-electron chi connectivity index (χ0n) is 12.2. The Balaban J connectivity index is 2.38. The number of hydrogen-bond donors (Lipinski definition) is 1. The Morgan fingerprint density at radius 3 is 2.77 bits per heavy atom. The van der Waals surface area contributed by atoms with Crippen molar-refractivity contribution in [1.29, 1.82) is 0 Å². The van der Waals surface area contributed by atoms with Crippen LogP contribution in [0.25, 0.3) is 0 Å². The van der Waals surface area contributed by atoms with E-state index in [1.54, 1.807) is 0 Å². The fourth-order valence-corrected chi connectivity index (χ4v) is 4.82. The number of benzene rings is 1. The van der Waals surface area contributed by atoms with Gasteiger partial charge < -0.3 is 9.84 Å². The monoisotopic (exact) mass is 391 g/mol. The highest BCUT2D eigenvalue weighted by Crippen LogP contribution is 2.28. The quantitative estimate of drug-likeness (QED) is 0.793. The van der Waals surface area contributed by atoms with E-state index in [2.05, 4.69) is 20.7 Å². The number of rotatable bonds is 3. The number of hydrogen-bond acceptors (Lipinski definition) is 5. The van der Waals surface area contributed by atoms with Crippen LogP contribution < -0.4 is 0 Å². The molecule has 1 aromatic carbocycles. The van der Waals surface area contributed by atoms with Gasteiger partial charge >= 0.3 is 5.97 Å². The summed E-state index contributed by atoms with van der Waals surface area (Å²) in [7, 11) is -2.49. The predicted octanol–water partition coefficient (Wildman–Crippen LogP) is 1.77. The van der Waals surface area contributed by atoms with Crippen LogP contribution in [0.15, 0.2) is 27.6 Å². The van der Waals surface area contributed by atoms with Crippen LogP contribution in [0.2, 0.25) is 0 Å². The molecule has 22 heavy (non-hydrogen) atoms. The van der Waals surface area contributed by atoms with Gasteiger partial charge in [-0.15, -0.1) is 0 Å². The molecule has 6 nitrogen and oxygen atoms in total. The number of nitrogens with zero attached hydrogens (tertiary/aromatic N) is 1. The molecule has 1 fully saturated rings. The molecule has 0 aliphatic carbocycles. The van der Waals surface area contributed by atoms with Crippen LogP contribution in [0.5, 0.6) is 0 Å². The van der Waals surface area contributed by atoms with E-state index in [1.165, 1.54) is 29.6 Å². The maximum absolute atomic E-state index is 12.8. The molecule has 1 N–H and O–H groups in total. The Labute approximate surface area is 138 Å². The van der Waals surface area contributed by atoms with Gasteiger partial charge in [0.05, 0.1) is 23.7 Å². The topological polar surface area (TPSA) is 83.9 Å². The van der Waals surface area contributed by atoms with Crippen molar-refractivity contribution < 1.29 is 23.1 Å². The first-order chi connectivity index (χ1) is 10.4. The van der Waals surface area contributed by atoms with Crippen LogP contribution in [-0.4, -0.2) is 50.1 Å². The summed E-state index contributed by atoms with van der Waals surface area (Å²) >= 11 is 3.23. The van der Waals surface area contributed by atoms with E-state index in [9.17, 15) is 18.3 Å². The molecule has 0 amide bonds. The van der Waals surface area contributed by atoms with Crippen molar-refractivity contribution in [2.45, 2.75) is 30.3 Å². The van der Waals surface area contributed by atoms with E-state index in [1.807, 2.05) is 0 Å². The Morgan fingerprint density at radius 1 is 1.36 bits per heavy atom. The molecule has 8 heteroatoms. The van der Waals surface area contributed by atoms with Gasteiger partial charge in [-0.2, -0.15) is 4.31 Å². The third kappa shape index (κ3) is 3.68. The van der Waals surface area contributed by atoms with E-state index in [0.29, 0.717) is 30.3 Å². The molecule has 1 heterocycles. The van der Waals surface area contributed by atoms with Gasteiger partial charge in [-0.25, -0.2) is 13.2 Å². The van der Waals surface area contributed by atoms with Crippen molar-refractivity contribution in [2.24, 2.45) is 0 Å². The van der Waals surface area contributed by atoms with Crippen LogP contribution >= 0.6 is 15.9 Å². The first-order valence-corrected chi connectivity index (χ1v) is 9.15. The summed E-state index contributed by atoms with van der Waals surface area (Å²) in [5.74, 6) is -0.588. The maximum atomic E-state index is 12.8. The number of halogens is 1. The molecule has 1 aliphatic heterocycles. The third-order valence-electron chi connectivity index (χ3n) is 3.63. The van der Waals surface area contributed by atoms with Gasteiger partial charge in [-0.05, 0) is 53.4 Å². The molecule has 1 aromatic rings. The summed E-state index contributed by atoms with van der Waals surface area (Å²) in [5, 5.41) is 9.65. The molecule has 0 spiro atoms. The summed E-state index contributed by atoms with van der Waals surface area (Å²) in [4.78, 5) is 11.6. The molecule has 0 saturated carbocycles. The molecule has 1 saturated heterocycles. The normalized spacial score (nSPS) is 20.4. The van der Waals surface area contributed by atoms with Gasteiger partial charge in [-0.1, -0.05) is 0 Å². The zero-order chi connectivity index (χ0) is 16.3. The van der Waals surface area contributed by atoms with E-state index < -0.39 is 22.1 Å². The minimum Gasteiger partial charge on any atom is -0.465 e. The molecular formula is C14H18BrNO5S. The van der Waals surface area contributed by atoms with Crippen LogP contribution in [0, 0.1) is 0 Å². The van der Waals surface area contributed by atoms with E-state index in [-0.39, 0.29) is 17.0 Å². The fraction of sp³-hybridized carbons (Fsp3) is 0.500. The summed E-state index contributed by atoms with van der Waals surface area (Å²) in [5.41, 5.74) is 0.180. The van der Waals surface area contributed by atoms with Gasteiger partial charge in [0.15, 0.2) is 0 Å². The van der Waals surface area contributed by atoms with Gasteiger partial charge in [0.2, 0.25) is 10.0 Å². The molecular weight excluding hydrogens is 374 g/mol. The van der Waals surface area contributed by atoms with E-state index >= 15 is 0 Å². The first kappa shape index (κ1) is 17.4. The van der Waals surface area contributed by atoms with Crippen molar-refractivity contribution in [3.63, 3.8) is 0 Å². The van der Waals surface area contributed by atoms with Crippen molar-refractivity contribution in [3.05, 3.63) is 28.2 Å². The second-order valence-electron chi connectivity index (χ2n) is 5.13. The predicted molar refractivity (Wildman–Crippen MR) is 84.1 cm³/mol. The minimum absolute atomic E-state index is 0.0341. The molecule has 0 radical (unpaired) electrons. The lowest BCUT2D eigenvalue weighted by Gasteiger charge is -2.21. The number of esters is 1. The molecule has 0 aromatic heterocycles. The lowest BCUT2D eigenvalue weighted by molar-refractivity contribution is 0.0600. The highest BCUT2D eigenvalue weighted by Gasteiger charge is 2.29. The third-order valence-corrected chi connectivity index (χ3v) is 6.52. The molecule has 1 unspecified atom stereocenters. The molecule has 1 atom stereocenters. The highest BCUT2D eigenvalue weighted by molar-refractivity contribution is 9.10. The van der Waals surface area contributed by atoms with Gasteiger partial charge in [0.1, 0.15) is 0 Å². The Bertz CT molecular complexity index is 661. The smallest absolute Gasteiger partial charge is 0.337 e.